The van der Waals surface area contributed by atoms with E-state index >= 15 is 0 Å². The molecule has 86 valence electrons. The van der Waals surface area contributed by atoms with Gasteiger partial charge in [-0.2, -0.15) is 0 Å². The van der Waals surface area contributed by atoms with Gasteiger partial charge in [0.25, 0.3) is 0 Å². The highest BCUT2D eigenvalue weighted by Crippen LogP contribution is 2.26. The van der Waals surface area contributed by atoms with Crippen molar-refractivity contribution in [1.82, 2.24) is 0 Å². The van der Waals surface area contributed by atoms with E-state index in [1.807, 2.05) is 0 Å². The first-order valence-corrected chi connectivity index (χ1v) is 6.25. The smallest absolute Gasteiger partial charge is 0.395 e. The lowest BCUT2D eigenvalue weighted by atomic mass is 10.3. The van der Waals surface area contributed by atoms with E-state index in [2.05, 4.69) is 20.7 Å². The second-order valence-electron chi connectivity index (χ2n) is 2.92. The number of hydrogen-bond acceptors (Lipinski definition) is 4. The van der Waals surface area contributed by atoms with E-state index < -0.39 is 20.2 Å². The van der Waals surface area contributed by atoms with Crippen molar-refractivity contribution in [2.75, 3.05) is 0 Å². The Hall–Kier alpha value is -0.970. The van der Waals surface area contributed by atoms with Crippen LogP contribution in [0.25, 0.3) is 0 Å². The molecule has 0 heterocycles. The van der Waals surface area contributed by atoms with E-state index in [1.165, 1.54) is 6.92 Å². The summed E-state index contributed by atoms with van der Waals surface area (Å²) in [6, 6.07) is 5.68. The predicted molar refractivity (Wildman–Crippen MR) is 61.2 cm³/mol. The van der Waals surface area contributed by atoms with Gasteiger partial charge in [0, 0.05) is 10.5 Å². The zero-order valence-corrected chi connectivity index (χ0v) is 10.8. The molecule has 7 heteroatoms. The van der Waals surface area contributed by atoms with Crippen molar-refractivity contribution in [2.24, 2.45) is 4.74 Å². The molecule has 0 spiro atoms. The fourth-order valence-corrected chi connectivity index (χ4v) is 1.93. The van der Waals surface area contributed by atoms with Crippen molar-refractivity contribution in [3.63, 3.8) is 0 Å². The van der Waals surface area contributed by atoms with Crippen molar-refractivity contribution in [3.8, 4) is 5.75 Å². The molecule has 0 saturated carbocycles. The minimum Gasteiger partial charge on any atom is -0.575 e. The second-order valence-corrected chi connectivity index (χ2v) is 4.72. The molecule has 0 bridgehead atoms. The molecule has 1 unspecified atom stereocenters. The maximum absolute atomic E-state index is 11.3. The number of carbonyl (C=O) groups is 1. The van der Waals surface area contributed by atoms with Crippen molar-refractivity contribution >= 4 is 30.1 Å². The van der Waals surface area contributed by atoms with Crippen LogP contribution in [0.4, 0.5) is 0 Å². The maximum atomic E-state index is 11.3. The van der Waals surface area contributed by atoms with Crippen LogP contribution in [0.3, 0.4) is 0 Å². The zero-order valence-electron chi connectivity index (χ0n) is 8.33. The first kappa shape index (κ1) is 13.1. The van der Waals surface area contributed by atoms with Crippen LogP contribution in [0.1, 0.15) is 6.92 Å². The Balaban J connectivity index is 2.71. The lowest BCUT2D eigenvalue weighted by Crippen LogP contribution is -2.13. The molecule has 0 amide bonds. The third kappa shape index (κ3) is 4.26. The standard InChI is InChI=1S/C9H9BrNO4P/c1-6(9(12)13)11-16(14)15-8-4-2-3-7(10)5-8/h2-6H,1H3,(H,12,13)/t6-/m0/s1. The van der Waals surface area contributed by atoms with Gasteiger partial charge in [-0.3, -0.25) is 4.52 Å². The number of carboxylic acids is 1. The first-order valence-electron chi connectivity index (χ1n) is 4.33. The molecule has 0 aliphatic heterocycles. The molecule has 0 aliphatic rings. The van der Waals surface area contributed by atoms with E-state index in [4.69, 9.17) is 9.63 Å². The molecule has 16 heavy (non-hydrogen) atoms. The van der Waals surface area contributed by atoms with Gasteiger partial charge < -0.3 is 10.00 Å². The van der Waals surface area contributed by atoms with E-state index in [0.717, 1.165) is 4.47 Å². The third-order valence-corrected chi connectivity index (χ3v) is 3.00. The van der Waals surface area contributed by atoms with Crippen LogP contribution in [0.5, 0.6) is 5.75 Å². The molecule has 1 rings (SSSR count). The predicted octanol–water partition coefficient (Wildman–Crippen LogP) is 2.16. The van der Waals surface area contributed by atoms with Crippen LogP contribution < -0.4 is 9.42 Å². The Morgan fingerprint density at radius 2 is 2.38 bits per heavy atom. The molecule has 1 aromatic carbocycles. The summed E-state index contributed by atoms with van der Waals surface area (Å²) in [6.07, 6.45) is 0. The highest BCUT2D eigenvalue weighted by Gasteiger charge is 2.15. The fourth-order valence-electron chi connectivity index (χ4n) is 0.828. The topological polar surface area (TPSA) is 82.0 Å². The summed E-state index contributed by atoms with van der Waals surface area (Å²) in [5, 5.41) is 8.56. The van der Waals surface area contributed by atoms with Crippen molar-refractivity contribution < 1.29 is 19.3 Å². The maximum Gasteiger partial charge on any atom is 0.395 e. The van der Waals surface area contributed by atoms with Gasteiger partial charge in [-0.25, -0.2) is 4.79 Å². The van der Waals surface area contributed by atoms with Gasteiger partial charge in [-0.15, -0.1) is 0 Å². The number of halogens is 1. The Morgan fingerprint density at radius 1 is 1.69 bits per heavy atom. The van der Waals surface area contributed by atoms with Crippen LogP contribution in [-0.2, 0) is 4.79 Å². The quantitative estimate of drug-likeness (QED) is 0.864. The number of benzene rings is 1. The van der Waals surface area contributed by atoms with Crippen LogP contribution in [-0.4, -0.2) is 17.1 Å². The summed E-state index contributed by atoms with van der Waals surface area (Å²) in [5.74, 6) is -0.766. The molecule has 1 aromatic rings. The Bertz CT molecular complexity index is 424. The summed E-state index contributed by atoms with van der Waals surface area (Å²) >= 11 is 3.23. The normalized spacial score (nSPS) is 13.3. The summed E-state index contributed by atoms with van der Waals surface area (Å²) in [7, 11) is -2.37. The van der Waals surface area contributed by atoms with Crippen LogP contribution >= 0.6 is 24.1 Å². The van der Waals surface area contributed by atoms with Gasteiger partial charge in [-0.05, 0) is 19.1 Å². The van der Waals surface area contributed by atoms with Crippen molar-refractivity contribution in [1.29, 1.82) is 0 Å². The summed E-state index contributed by atoms with van der Waals surface area (Å²) in [5.41, 5.74) is 0. The number of nitrogens with zero attached hydrogens (tertiary/aromatic N) is 1. The largest absolute Gasteiger partial charge is 0.575 e. The number of rotatable bonds is 4. The lowest BCUT2D eigenvalue weighted by molar-refractivity contribution is -0.169. The van der Waals surface area contributed by atoms with Gasteiger partial charge in [-0.1, -0.05) is 26.7 Å². The average molecular weight is 306 g/mol. The monoisotopic (exact) mass is 305 g/mol. The van der Waals surface area contributed by atoms with E-state index in [0.29, 0.717) is 5.75 Å². The van der Waals surface area contributed by atoms with Crippen LogP contribution in [0.15, 0.2) is 33.5 Å². The minimum absolute atomic E-state index is 0.372. The van der Waals surface area contributed by atoms with E-state index in [9.17, 15) is 9.69 Å². The highest BCUT2D eigenvalue weighted by atomic mass is 79.9. The molecular formula is C9H9BrNO4P. The summed E-state index contributed by atoms with van der Waals surface area (Å²) in [6.45, 7) is 1.33. The third-order valence-electron chi connectivity index (χ3n) is 1.60. The first-order chi connectivity index (χ1) is 7.49. The van der Waals surface area contributed by atoms with E-state index in [-0.39, 0.29) is 0 Å². The molecular weight excluding hydrogens is 297 g/mol. The van der Waals surface area contributed by atoms with Crippen LogP contribution in [0, 0.1) is 0 Å². The molecule has 1 N–H and O–H groups in total. The molecule has 0 aromatic heterocycles. The number of carboxylic acid groups (broad SMARTS) is 1. The van der Waals surface area contributed by atoms with Gasteiger partial charge in [0.1, 0.15) is 0 Å². The highest BCUT2D eigenvalue weighted by molar-refractivity contribution is 9.10. The molecule has 0 radical (unpaired) electrons. The molecule has 0 saturated heterocycles. The Morgan fingerprint density at radius 3 is 2.94 bits per heavy atom. The molecule has 2 atom stereocenters. The van der Waals surface area contributed by atoms with Gasteiger partial charge in [0.2, 0.25) is 0 Å². The molecule has 0 aliphatic carbocycles. The zero-order chi connectivity index (χ0) is 12.1. The van der Waals surface area contributed by atoms with Crippen molar-refractivity contribution in [3.05, 3.63) is 28.7 Å². The van der Waals surface area contributed by atoms with E-state index in [1.54, 1.807) is 24.3 Å². The Kier molecular flexibility index (Phi) is 4.86. The van der Waals surface area contributed by atoms with Crippen molar-refractivity contribution in [2.45, 2.75) is 13.0 Å². The molecule has 5 nitrogen and oxygen atoms in total. The lowest BCUT2D eigenvalue weighted by Gasteiger charge is -2.00. The van der Waals surface area contributed by atoms with Gasteiger partial charge >= 0.3 is 14.1 Å². The average Bonchev–Trinajstić information content (AvgIpc) is 2.16. The SMILES string of the molecule is C[C@H](N=[P+]([O-])Oc1cccc(Br)c1)C(=O)O. The molecule has 0 fully saturated rings. The van der Waals surface area contributed by atoms with Crippen LogP contribution in [0.2, 0.25) is 0 Å². The summed E-state index contributed by atoms with van der Waals surface area (Å²) < 4.78 is 9.22. The van der Waals surface area contributed by atoms with Gasteiger partial charge in [0.05, 0.1) is 0 Å². The number of aliphatic carboxylic acids is 1. The Labute approximate surface area is 102 Å². The number of hydrogen-bond donors (Lipinski definition) is 1. The van der Waals surface area contributed by atoms with Gasteiger partial charge in [0.15, 0.2) is 11.8 Å². The second kappa shape index (κ2) is 5.94. The fraction of sp³-hybridized carbons (Fsp3) is 0.222. The minimum atomic E-state index is -2.37. The summed E-state index contributed by atoms with van der Waals surface area (Å²) in [4.78, 5) is 21.8.